The molecule has 1 unspecified atom stereocenters. The minimum atomic E-state index is -1.22. The molecule has 1 heterocycles. The molecule has 1 atom stereocenters. The molecule has 3 rings (SSSR count). The summed E-state index contributed by atoms with van der Waals surface area (Å²) in [7, 11) is 0. The first-order valence-corrected chi connectivity index (χ1v) is 4.37. The van der Waals surface area contributed by atoms with Crippen LogP contribution in [0.5, 0.6) is 5.75 Å². The highest BCUT2D eigenvalue weighted by atomic mass is 16.6. The minimum Gasteiger partial charge on any atom is -0.506 e. The van der Waals surface area contributed by atoms with E-state index in [1.807, 2.05) is 24.3 Å². The smallest absolute Gasteiger partial charge is 0.256 e. The molecule has 14 heavy (non-hydrogen) atoms. The lowest BCUT2D eigenvalue weighted by Crippen LogP contribution is -2.12. The van der Waals surface area contributed by atoms with Crippen molar-refractivity contribution in [2.75, 3.05) is 0 Å². The van der Waals surface area contributed by atoms with Gasteiger partial charge in [0.15, 0.2) is 5.76 Å². The van der Waals surface area contributed by atoms with Crippen LogP contribution in [0.15, 0.2) is 18.2 Å². The van der Waals surface area contributed by atoms with Crippen LogP contribution in [-0.2, 0) is 0 Å². The molecular weight excluding hydrogens is 180 g/mol. The van der Waals surface area contributed by atoms with Crippen molar-refractivity contribution in [1.29, 1.82) is 0 Å². The molecule has 1 aliphatic heterocycles. The number of ether oxygens (including phenoxy) is 1. The van der Waals surface area contributed by atoms with Gasteiger partial charge in [0.2, 0.25) is 0 Å². The van der Waals surface area contributed by atoms with E-state index >= 15 is 0 Å². The van der Waals surface area contributed by atoms with E-state index in [-0.39, 0.29) is 5.76 Å². The Morgan fingerprint density at radius 3 is 3.00 bits per heavy atom. The lowest BCUT2D eigenvalue weighted by molar-refractivity contribution is 0.0227. The Morgan fingerprint density at radius 2 is 2.14 bits per heavy atom. The zero-order valence-electron chi connectivity index (χ0n) is 7.27. The van der Waals surface area contributed by atoms with Gasteiger partial charge < -0.3 is 14.9 Å². The summed E-state index contributed by atoms with van der Waals surface area (Å²) in [6.07, 6.45) is 4.56. The Kier molecular flexibility index (Phi) is 1.31. The molecule has 2 N–H and O–H groups in total. The van der Waals surface area contributed by atoms with Crippen molar-refractivity contribution < 1.29 is 14.9 Å². The predicted molar refractivity (Wildman–Crippen MR) is 51.9 cm³/mol. The molecule has 1 aliphatic carbocycles. The normalized spacial score (nSPS) is 21.5. The summed E-state index contributed by atoms with van der Waals surface area (Å²) in [5.74, 6) is 0.459. The first-order valence-electron chi connectivity index (χ1n) is 4.37. The van der Waals surface area contributed by atoms with Gasteiger partial charge in [-0.3, -0.25) is 0 Å². The number of aliphatic hydroxyl groups excluding tert-OH is 2. The lowest BCUT2D eigenvalue weighted by atomic mass is 10.1. The van der Waals surface area contributed by atoms with Crippen molar-refractivity contribution in [3.63, 3.8) is 0 Å². The van der Waals surface area contributed by atoms with Crippen molar-refractivity contribution >= 4 is 17.9 Å². The number of hydrogen-bond acceptors (Lipinski definition) is 3. The largest absolute Gasteiger partial charge is 0.506 e. The average Bonchev–Trinajstić information content (AvgIpc) is 2.73. The zero-order valence-corrected chi connectivity index (χ0v) is 7.27. The van der Waals surface area contributed by atoms with Crippen LogP contribution >= 0.6 is 0 Å². The fourth-order valence-corrected chi connectivity index (χ4v) is 1.81. The zero-order chi connectivity index (χ0) is 9.71. The Bertz CT molecular complexity index is 555. The molecule has 1 aromatic rings. The number of allylic oxidation sites excluding steroid dienone is 1. The van der Waals surface area contributed by atoms with Crippen LogP contribution in [0.25, 0.3) is 17.9 Å². The van der Waals surface area contributed by atoms with Crippen molar-refractivity contribution in [3.8, 4) is 5.75 Å². The van der Waals surface area contributed by atoms with E-state index in [0.717, 1.165) is 10.8 Å². The van der Waals surface area contributed by atoms with Crippen molar-refractivity contribution in [2.45, 2.75) is 6.29 Å². The minimum absolute atomic E-state index is 0.108. The highest BCUT2D eigenvalue weighted by molar-refractivity contribution is 5.72. The van der Waals surface area contributed by atoms with E-state index in [9.17, 15) is 10.2 Å². The molecule has 0 amide bonds. The van der Waals surface area contributed by atoms with Gasteiger partial charge in [-0.05, 0) is 11.3 Å². The fourth-order valence-electron chi connectivity index (χ4n) is 1.81. The molecule has 0 bridgehead atoms. The van der Waals surface area contributed by atoms with E-state index in [1.165, 1.54) is 0 Å². The van der Waals surface area contributed by atoms with Gasteiger partial charge in [-0.15, -0.1) is 0 Å². The Hall–Kier alpha value is -1.74. The third kappa shape index (κ3) is 0.795. The number of rotatable bonds is 0. The second kappa shape index (κ2) is 2.39. The number of hydrogen-bond donors (Lipinski definition) is 2. The molecule has 3 heteroatoms. The maximum atomic E-state index is 9.49. The van der Waals surface area contributed by atoms with Crippen LogP contribution in [0.3, 0.4) is 0 Å². The third-order valence-corrected chi connectivity index (χ3v) is 2.51. The van der Waals surface area contributed by atoms with Crippen molar-refractivity contribution in [1.82, 2.24) is 0 Å². The van der Waals surface area contributed by atoms with Crippen LogP contribution in [0.2, 0.25) is 0 Å². The average molecular weight is 188 g/mol. The monoisotopic (exact) mass is 188 g/mol. The molecule has 0 aromatic heterocycles. The maximum Gasteiger partial charge on any atom is 0.256 e. The quantitative estimate of drug-likeness (QED) is 0.596. The topological polar surface area (TPSA) is 49.7 Å². The molecule has 3 nitrogen and oxygen atoms in total. The van der Waals surface area contributed by atoms with Gasteiger partial charge in [-0.2, -0.15) is 0 Å². The summed E-state index contributed by atoms with van der Waals surface area (Å²) in [6.45, 7) is 0. The predicted octanol–water partition coefficient (Wildman–Crippen LogP) is -0.129. The Labute approximate surface area is 79.9 Å². The summed E-state index contributed by atoms with van der Waals surface area (Å²) in [6, 6.07) is 3.65. The van der Waals surface area contributed by atoms with Crippen LogP contribution < -0.4 is 15.2 Å². The first-order chi connectivity index (χ1) is 6.77. The molecule has 0 fully saturated rings. The van der Waals surface area contributed by atoms with Gasteiger partial charge >= 0.3 is 0 Å². The molecule has 0 saturated heterocycles. The molecular formula is C11H8O3. The Morgan fingerprint density at radius 1 is 1.29 bits per heavy atom. The molecule has 0 spiro atoms. The van der Waals surface area contributed by atoms with Gasteiger partial charge in [-0.25, -0.2) is 0 Å². The van der Waals surface area contributed by atoms with E-state index in [0.29, 0.717) is 11.0 Å². The maximum absolute atomic E-state index is 9.49. The van der Waals surface area contributed by atoms with Gasteiger partial charge in [0.25, 0.3) is 6.29 Å². The van der Waals surface area contributed by atoms with E-state index in [2.05, 4.69) is 0 Å². The summed E-state index contributed by atoms with van der Waals surface area (Å²) in [5.41, 5.74) is 0.922. The van der Waals surface area contributed by atoms with E-state index < -0.39 is 6.29 Å². The van der Waals surface area contributed by atoms with Gasteiger partial charge in [0.1, 0.15) is 5.75 Å². The summed E-state index contributed by atoms with van der Waals surface area (Å²) >= 11 is 0. The van der Waals surface area contributed by atoms with Crippen molar-refractivity contribution in [3.05, 3.63) is 34.2 Å². The standard InChI is InChI=1S/C11H8O3/c12-9-8-5-4-6-2-1-3-7(6)10(8)14-11(9)13/h1-5,11-13H. The van der Waals surface area contributed by atoms with Gasteiger partial charge in [0.05, 0.1) is 5.22 Å². The molecule has 1 aromatic carbocycles. The number of benzene rings is 1. The fraction of sp³-hybridized carbons (Fsp3) is 0.0909. The number of fused-ring (bicyclic) bond motifs is 3. The van der Waals surface area contributed by atoms with Crippen LogP contribution in [-0.4, -0.2) is 16.5 Å². The summed E-state index contributed by atoms with van der Waals surface area (Å²) in [4.78, 5) is 0. The molecule has 0 radical (unpaired) electrons. The summed E-state index contributed by atoms with van der Waals surface area (Å²) in [5, 5.41) is 20.4. The lowest BCUT2D eigenvalue weighted by Gasteiger charge is -2.05. The molecule has 70 valence electrons. The highest BCUT2D eigenvalue weighted by Crippen LogP contribution is 2.22. The van der Waals surface area contributed by atoms with E-state index in [4.69, 9.17) is 4.74 Å². The second-order valence-corrected chi connectivity index (χ2v) is 3.33. The van der Waals surface area contributed by atoms with E-state index in [1.54, 1.807) is 6.07 Å². The van der Waals surface area contributed by atoms with Gasteiger partial charge in [-0.1, -0.05) is 24.3 Å². The third-order valence-electron chi connectivity index (χ3n) is 2.51. The highest BCUT2D eigenvalue weighted by Gasteiger charge is 2.24. The Balaban J connectivity index is 2.43. The molecule has 2 aliphatic rings. The van der Waals surface area contributed by atoms with Crippen LogP contribution in [0.1, 0.15) is 5.56 Å². The first kappa shape index (κ1) is 7.64. The van der Waals surface area contributed by atoms with Crippen molar-refractivity contribution in [2.24, 2.45) is 0 Å². The SMILES string of the molecule is OC1=c2ccc3c(c2OC1O)C=CC=3. The van der Waals surface area contributed by atoms with Crippen LogP contribution in [0, 0.1) is 0 Å². The van der Waals surface area contributed by atoms with Gasteiger partial charge in [0, 0.05) is 5.56 Å². The summed E-state index contributed by atoms with van der Waals surface area (Å²) < 4.78 is 5.16. The second-order valence-electron chi connectivity index (χ2n) is 3.33. The van der Waals surface area contributed by atoms with Crippen LogP contribution in [0.4, 0.5) is 0 Å². The molecule has 0 saturated carbocycles. The number of aliphatic hydroxyl groups is 2.